The summed E-state index contributed by atoms with van der Waals surface area (Å²) in [5.41, 5.74) is 2.79. The van der Waals surface area contributed by atoms with Gasteiger partial charge < -0.3 is 20.0 Å². The van der Waals surface area contributed by atoms with E-state index in [0.717, 1.165) is 43.7 Å². The van der Waals surface area contributed by atoms with Crippen LogP contribution in [0.5, 0.6) is 0 Å². The number of likely N-dealkylation sites (tertiary alicyclic amines) is 1. The summed E-state index contributed by atoms with van der Waals surface area (Å²) >= 11 is 0. The van der Waals surface area contributed by atoms with E-state index in [1.165, 1.54) is 12.1 Å². The van der Waals surface area contributed by atoms with Gasteiger partial charge in [0.15, 0.2) is 0 Å². The van der Waals surface area contributed by atoms with E-state index in [9.17, 15) is 14.0 Å². The summed E-state index contributed by atoms with van der Waals surface area (Å²) in [5, 5.41) is 2.70. The zero-order valence-corrected chi connectivity index (χ0v) is 17.9. The van der Waals surface area contributed by atoms with Gasteiger partial charge in [0.2, 0.25) is 0 Å². The number of hydrogen-bond donors (Lipinski definition) is 1. The van der Waals surface area contributed by atoms with Gasteiger partial charge in [-0.15, -0.1) is 0 Å². The molecule has 2 aromatic rings. The zero-order valence-electron chi connectivity index (χ0n) is 17.9. The van der Waals surface area contributed by atoms with Gasteiger partial charge in [-0.3, -0.25) is 4.79 Å². The highest BCUT2D eigenvalue weighted by molar-refractivity contribution is 5.94. The van der Waals surface area contributed by atoms with Gasteiger partial charge in [-0.1, -0.05) is 12.1 Å². The van der Waals surface area contributed by atoms with Crippen LogP contribution in [0.2, 0.25) is 0 Å². The molecular formula is C24H29FN4O2. The van der Waals surface area contributed by atoms with Crippen LogP contribution < -0.4 is 10.2 Å². The standard InChI is InChI=1S/C24H29FN4O2/c1-26-24(31)29-11-3-6-20(17-29)18-4-2-5-19(16-18)23(30)28-14-12-27(13-15-28)22-9-7-21(25)8-10-22/h2,4-5,7-10,16,20H,3,6,11-15,17H2,1H3,(H,26,31)/t20-/m1/s1. The van der Waals surface area contributed by atoms with Crippen molar-refractivity contribution < 1.29 is 14.0 Å². The first-order valence-electron chi connectivity index (χ1n) is 10.9. The number of nitrogens with one attached hydrogen (secondary N) is 1. The Morgan fingerprint density at radius 2 is 1.71 bits per heavy atom. The second-order valence-corrected chi connectivity index (χ2v) is 8.22. The van der Waals surface area contributed by atoms with Crippen LogP contribution in [0.25, 0.3) is 0 Å². The predicted molar refractivity (Wildman–Crippen MR) is 119 cm³/mol. The molecule has 2 aromatic carbocycles. The molecule has 0 aromatic heterocycles. The summed E-state index contributed by atoms with van der Waals surface area (Å²) in [6.45, 7) is 4.16. The average Bonchev–Trinajstić information content (AvgIpc) is 2.84. The first-order valence-corrected chi connectivity index (χ1v) is 10.9. The molecule has 7 heteroatoms. The van der Waals surface area contributed by atoms with Crippen LogP contribution >= 0.6 is 0 Å². The number of benzene rings is 2. The van der Waals surface area contributed by atoms with Gasteiger partial charge in [-0.25, -0.2) is 9.18 Å². The van der Waals surface area contributed by atoms with Crippen LogP contribution in [-0.4, -0.2) is 68.1 Å². The number of carbonyl (C=O) groups excluding carboxylic acids is 2. The fraction of sp³-hybridized carbons (Fsp3) is 0.417. The summed E-state index contributed by atoms with van der Waals surface area (Å²) in [6, 6.07) is 14.3. The molecule has 164 valence electrons. The predicted octanol–water partition coefficient (Wildman–Crippen LogP) is 3.31. The van der Waals surface area contributed by atoms with Gasteiger partial charge in [0.05, 0.1) is 0 Å². The van der Waals surface area contributed by atoms with Crippen LogP contribution in [0.15, 0.2) is 48.5 Å². The van der Waals surface area contributed by atoms with Crippen molar-refractivity contribution in [2.24, 2.45) is 0 Å². The van der Waals surface area contributed by atoms with Gasteiger partial charge in [0.1, 0.15) is 5.82 Å². The van der Waals surface area contributed by atoms with E-state index in [1.54, 1.807) is 19.2 Å². The Kier molecular flexibility index (Phi) is 6.39. The number of amides is 3. The molecule has 0 bridgehead atoms. The molecule has 2 aliphatic heterocycles. The van der Waals surface area contributed by atoms with E-state index >= 15 is 0 Å². The first-order chi connectivity index (χ1) is 15.0. The Morgan fingerprint density at radius 1 is 0.968 bits per heavy atom. The third-order valence-corrected chi connectivity index (χ3v) is 6.29. The third-order valence-electron chi connectivity index (χ3n) is 6.29. The number of carbonyl (C=O) groups is 2. The molecule has 2 fully saturated rings. The Balaban J connectivity index is 1.39. The minimum atomic E-state index is -0.242. The van der Waals surface area contributed by atoms with E-state index in [0.29, 0.717) is 25.2 Å². The lowest BCUT2D eigenvalue weighted by atomic mass is 9.89. The largest absolute Gasteiger partial charge is 0.368 e. The van der Waals surface area contributed by atoms with E-state index in [4.69, 9.17) is 0 Å². The second kappa shape index (κ2) is 9.37. The van der Waals surface area contributed by atoms with Gasteiger partial charge >= 0.3 is 6.03 Å². The van der Waals surface area contributed by atoms with Crippen LogP contribution in [-0.2, 0) is 0 Å². The molecule has 1 N–H and O–H groups in total. The maximum atomic E-state index is 13.2. The number of halogens is 1. The summed E-state index contributed by atoms with van der Waals surface area (Å²) in [6.07, 6.45) is 1.98. The normalized spacial score (nSPS) is 19.3. The molecule has 2 aliphatic rings. The van der Waals surface area contributed by atoms with E-state index < -0.39 is 0 Å². The quantitative estimate of drug-likeness (QED) is 0.823. The molecule has 6 nitrogen and oxygen atoms in total. The summed E-state index contributed by atoms with van der Waals surface area (Å²) in [7, 11) is 1.65. The lowest BCUT2D eigenvalue weighted by Crippen LogP contribution is -2.48. The topological polar surface area (TPSA) is 55.9 Å². The zero-order chi connectivity index (χ0) is 21.8. The van der Waals surface area contributed by atoms with Gasteiger partial charge in [0, 0.05) is 63.5 Å². The van der Waals surface area contributed by atoms with Gasteiger partial charge in [-0.2, -0.15) is 0 Å². The lowest BCUT2D eigenvalue weighted by Gasteiger charge is -2.36. The van der Waals surface area contributed by atoms with Crippen molar-refractivity contribution >= 4 is 17.6 Å². The van der Waals surface area contributed by atoms with E-state index in [1.807, 2.05) is 28.0 Å². The first kappa shape index (κ1) is 21.2. The highest BCUT2D eigenvalue weighted by Gasteiger charge is 2.26. The maximum absolute atomic E-state index is 13.2. The monoisotopic (exact) mass is 424 g/mol. The number of anilines is 1. The highest BCUT2D eigenvalue weighted by atomic mass is 19.1. The number of piperazine rings is 1. The molecule has 0 saturated carbocycles. The molecule has 3 amide bonds. The molecule has 2 heterocycles. The average molecular weight is 425 g/mol. The number of nitrogens with zero attached hydrogens (tertiary/aromatic N) is 3. The highest BCUT2D eigenvalue weighted by Crippen LogP contribution is 2.28. The summed E-state index contributed by atoms with van der Waals surface area (Å²) in [4.78, 5) is 31.0. The molecule has 4 rings (SSSR count). The van der Waals surface area contributed by atoms with Crippen LogP contribution in [0.3, 0.4) is 0 Å². The van der Waals surface area contributed by atoms with Crippen molar-refractivity contribution in [2.75, 3.05) is 51.2 Å². The maximum Gasteiger partial charge on any atom is 0.317 e. The molecule has 1 atom stereocenters. The second-order valence-electron chi connectivity index (χ2n) is 8.22. The number of rotatable bonds is 3. The minimum absolute atomic E-state index is 0.0413. The van der Waals surface area contributed by atoms with Crippen LogP contribution in [0, 0.1) is 5.82 Å². The van der Waals surface area contributed by atoms with Gasteiger partial charge in [0.25, 0.3) is 5.91 Å². The molecule has 0 spiro atoms. The Labute approximate surface area is 182 Å². The molecule has 2 saturated heterocycles. The SMILES string of the molecule is CNC(=O)N1CCC[C@@H](c2cccc(C(=O)N3CCN(c4ccc(F)cc4)CC3)c2)C1. The van der Waals surface area contributed by atoms with Crippen LogP contribution in [0.1, 0.15) is 34.7 Å². The number of hydrogen-bond acceptors (Lipinski definition) is 3. The molecule has 31 heavy (non-hydrogen) atoms. The number of piperidine rings is 1. The van der Waals surface area contributed by atoms with Crippen molar-refractivity contribution in [3.05, 3.63) is 65.5 Å². The van der Waals surface area contributed by atoms with E-state index in [-0.39, 0.29) is 23.7 Å². The minimum Gasteiger partial charge on any atom is -0.368 e. The Bertz CT molecular complexity index is 925. The van der Waals surface area contributed by atoms with Crippen molar-refractivity contribution in [3.63, 3.8) is 0 Å². The summed E-state index contributed by atoms with van der Waals surface area (Å²) in [5.74, 6) is 0.0440. The van der Waals surface area contributed by atoms with Crippen molar-refractivity contribution in [1.29, 1.82) is 0 Å². The Morgan fingerprint density at radius 3 is 2.42 bits per heavy atom. The number of urea groups is 1. The molecular weight excluding hydrogens is 395 g/mol. The van der Waals surface area contributed by atoms with E-state index in [2.05, 4.69) is 16.3 Å². The fourth-order valence-electron chi connectivity index (χ4n) is 4.52. The Hall–Kier alpha value is -3.09. The third kappa shape index (κ3) is 4.81. The van der Waals surface area contributed by atoms with Crippen LogP contribution in [0.4, 0.5) is 14.9 Å². The van der Waals surface area contributed by atoms with Crippen molar-refractivity contribution in [1.82, 2.24) is 15.1 Å². The smallest absolute Gasteiger partial charge is 0.317 e. The van der Waals surface area contributed by atoms with Crippen molar-refractivity contribution in [3.8, 4) is 0 Å². The fourth-order valence-corrected chi connectivity index (χ4v) is 4.52. The molecule has 0 unspecified atom stereocenters. The molecule has 0 radical (unpaired) electrons. The van der Waals surface area contributed by atoms with Crippen molar-refractivity contribution in [2.45, 2.75) is 18.8 Å². The van der Waals surface area contributed by atoms with Gasteiger partial charge in [-0.05, 0) is 54.8 Å². The summed E-state index contributed by atoms with van der Waals surface area (Å²) < 4.78 is 13.2. The lowest BCUT2D eigenvalue weighted by molar-refractivity contribution is 0.0746. The molecule has 0 aliphatic carbocycles.